The fraction of sp³-hybridized carbons (Fsp3) is 0.455. The van der Waals surface area contributed by atoms with Crippen LogP contribution >= 0.6 is 0 Å². The Labute approximate surface area is 72.4 Å². The SMILES string of the molecule is c1ccc2c(c1)OC1CCC[C@H]21. The summed E-state index contributed by atoms with van der Waals surface area (Å²) in [5.41, 5.74) is 1.44. The van der Waals surface area contributed by atoms with E-state index in [-0.39, 0.29) is 0 Å². The molecule has 1 aromatic carbocycles. The molecule has 0 amide bonds. The van der Waals surface area contributed by atoms with Gasteiger partial charge in [-0.2, -0.15) is 0 Å². The first kappa shape index (κ1) is 6.53. The Morgan fingerprint density at radius 3 is 3.08 bits per heavy atom. The van der Waals surface area contributed by atoms with Crippen LogP contribution < -0.4 is 4.74 Å². The molecule has 0 spiro atoms. The second kappa shape index (κ2) is 2.25. The largest absolute Gasteiger partial charge is 0.489 e. The van der Waals surface area contributed by atoms with E-state index in [1.807, 2.05) is 0 Å². The average molecular weight is 160 g/mol. The van der Waals surface area contributed by atoms with Crippen molar-refractivity contribution in [3.8, 4) is 5.75 Å². The molecule has 1 unspecified atom stereocenters. The van der Waals surface area contributed by atoms with Crippen LogP contribution in [0, 0.1) is 0 Å². The first-order valence-electron chi connectivity index (χ1n) is 4.71. The lowest BCUT2D eigenvalue weighted by Gasteiger charge is -2.06. The Morgan fingerprint density at radius 2 is 2.08 bits per heavy atom. The Bertz CT molecular complexity index is 306. The molecule has 0 saturated heterocycles. The highest BCUT2D eigenvalue weighted by Gasteiger charge is 2.37. The van der Waals surface area contributed by atoms with Crippen LogP contribution in [0.15, 0.2) is 24.3 Å². The maximum absolute atomic E-state index is 5.83. The number of benzene rings is 1. The van der Waals surface area contributed by atoms with Crippen LogP contribution in [0.25, 0.3) is 0 Å². The minimum Gasteiger partial charge on any atom is -0.489 e. The van der Waals surface area contributed by atoms with Crippen LogP contribution in [0.4, 0.5) is 0 Å². The first-order chi connectivity index (χ1) is 5.95. The van der Waals surface area contributed by atoms with Gasteiger partial charge in [-0.1, -0.05) is 18.2 Å². The van der Waals surface area contributed by atoms with E-state index < -0.39 is 0 Å². The number of fused-ring (bicyclic) bond motifs is 3. The Morgan fingerprint density at radius 1 is 1.17 bits per heavy atom. The Kier molecular flexibility index (Phi) is 1.23. The molecule has 12 heavy (non-hydrogen) atoms. The predicted molar refractivity (Wildman–Crippen MR) is 47.5 cm³/mol. The molecule has 1 aromatic rings. The van der Waals surface area contributed by atoms with E-state index in [0.717, 1.165) is 5.75 Å². The summed E-state index contributed by atoms with van der Waals surface area (Å²) >= 11 is 0. The summed E-state index contributed by atoms with van der Waals surface area (Å²) in [6, 6.07) is 8.47. The molecule has 1 heterocycles. The molecule has 1 fully saturated rings. The zero-order valence-corrected chi connectivity index (χ0v) is 6.99. The molecule has 1 aliphatic heterocycles. The van der Waals surface area contributed by atoms with Gasteiger partial charge in [0.05, 0.1) is 0 Å². The fourth-order valence-corrected chi connectivity index (χ4v) is 2.48. The third kappa shape index (κ3) is 0.739. The lowest BCUT2D eigenvalue weighted by Crippen LogP contribution is -2.10. The van der Waals surface area contributed by atoms with Gasteiger partial charge in [-0.3, -0.25) is 0 Å². The summed E-state index contributed by atoms with van der Waals surface area (Å²) in [5.74, 6) is 1.84. The fourth-order valence-electron chi connectivity index (χ4n) is 2.48. The van der Waals surface area contributed by atoms with Crippen molar-refractivity contribution in [2.24, 2.45) is 0 Å². The summed E-state index contributed by atoms with van der Waals surface area (Å²) in [5, 5.41) is 0. The van der Waals surface area contributed by atoms with Gasteiger partial charge in [-0.25, -0.2) is 0 Å². The van der Waals surface area contributed by atoms with Gasteiger partial charge in [-0.05, 0) is 25.3 Å². The maximum atomic E-state index is 5.83. The normalized spacial score (nSPS) is 31.0. The summed E-state index contributed by atoms with van der Waals surface area (Å²) < 4.78 is 5.83. The lowest BCUT2D eigenvalue weighted by atomic mass is 9.98. The van der Waals surface area contributed by atoms with Gasteiger partial charge in [0.2, 0.25) is 0 Å². The first-order valence-corrected chi connectivity index (χ1v) is 4.71. The van der Waals surface area contributed by atoms with Crippen LogP contribution in [-0.2, 0) is 0 Å². The second-order valence-electron chi connectivity index (χ2n) is 3.73. The van der Waals surface area contributed by atoms with E-state index in [2.05, 4.69) is 24.3 Å². The number of hydrogen-bond acceptors (Lipinski definition) is 1. The molecule has 0 aromatic heterocycles. The molecule has 0 N–H and O–H groups in total. The van der Waals surface area contributed by atoms with Crippen LogP contribution in [0.1, 0.15) is 30.7 Å². The minimum absolute atomic E-state index is 0.502. The van der Waals surface area contributed by atoms with E-state index in [9.17, 15) is 0 Å². The number of para-hydroxylation sites is 1. The molecular formula is C11H12O. The molecule has 1 saturated carbocycles. The minimum atomic E-state index is 0.502. The quantitative estimate of drug-likeness (QED) is 0.567. The molecule has 62 valence electrons. The zero-order chi connectivity index (χ0) is 7.97. The van der Waals surface area contributed by atoms with Gasteiger partial charge >= 0.3 is 0 Å². The van der Waals surface area contributed by atoms with Gasteiger partial charge in [0, 0.05) is 11.5 Å². The molecule has 0 radical (unpaired) electrons. The van der Waals surface area contributed by atoms with Gasteiger partial charge in [0.15, 0.2) is 0 Å². The lowest BCUT2D eigenvalue weighted by molar-refractivity contribution is 0.225. The third-order valence-corrected chi connectivity index (χ3v) is 3.05. The topological polar surface area (TPSA) is 9.23 Å². The molecule has 1 aliphatic carbocycles. The van der Waals surface area contributed by atoms with E-state index >= 15 is 0 Å². The highest BCUT2D eigenvalue weighted by molar-refractivity contribution is 5.41. The summed E-state index contributed by atoms with van der Waals surface area (Å²) in [4.78, 5) is 0. The van der Waals surface area contributed by atoms with Crippen molar-refractivity contribution >= 4 is 0 Å². The van der Waals surface area contributed by atoms with Gasteiger partial charge in [-0.15, -0.1) is 0 Å². The van der Waals surface area contributed by atoms with Crippen molar-refractivity contribution in [1.29, 1.82) is 0 Å². The van der Waals surface area contributed by atoms with Gasteiger partial charge < -0.3 is 4.74 Å². The molecular weight excluding hydrogens is 148 g/mol. The van der Waals surface area contributed by atoms with Crippen molar-refractivity contribution in [2.45, 2.75) is 31.3 Å². The van der Waals surface area contributed by atoms with E-state index in [0.29, 0.717) is 12.0 Å². The molecule has 1 nitrogen and oxygen atoms in total. The summed E-state index contributed by atoms with van der Waals surface area (Å²) in [6.45, 7) is 0. The number of rotatable bonds is 0. The molecule has 0 bridgehead atoms. The van der Waals surface area contributed by atoms with E-state index in [1.54, 1.807) is 0 Å². The second-order valence-corrected chi connectivity index (χ2v) is 3.73. The highest BCUT2D eigenvalue weighted by Crippen LogP contribution is 2.46. The monoisotopic (exact) mass is 160 g/mol. The highest BCUT2D eigenvalue weighted by atomic mass is 16.5. The smallest absolute Gasteiger partial charge is 0.123 e. The van der Waals surface area contributed by atoms with Gasteiger partial charge in [0.25, 0.3) is 0 Å². The van der Waals surface area contributed by atoms with E-state index in [4.69, 9.17) is 4.74 Å². The van der Waals surface area contributed by atoms with Crippen molar-refractivity contribution in [3.05, 3.63) is 29.8 Å². The molecule has 2 aliphatic rings. The van der Waals surface area contributed by atoms with Crippen molar-refractivity contribution in [3.63, 3.8) is 0 Å². The molecule has 3 rings (SSSR count). The Hall–Kier alpha value is -0.980. The van der Waals surface area contributed by atoms with Crippen molar-refractivity contribution in [2.75, 3.05) is 0 Å². The Balaban J connectivity index is 2.09. The summed E-state index contributed by atoms with van der Waals surface area (Å²) in [6.07, 6.45) is 4.41. The van der Waals surface area contributed by atoms with Crippen molar-refractivity contribution < 1.29 is 4.74 Å². The average Bonchev–Trinajstić information content (AvgIpc) is 2.62. The third-order valence-electron chi connectivity index (χ3n) is 3.05. The van der Waals surface area contributed by atoms with Crippen LogP contribution in [0.2, 0.25) is 0 Å². The zero-order valence-electron chi connectivity index (χ0n) is 6.99. The number of ether oxygens (including phenoxy) is 1. The standard InChI is InChI=1S/C11H12O/c1-2-6-10-8(4-1)9-5-3-7-11(9)12-10/h1-2,4,6,9,11H,3,5,7H2/t9-,11?/m1/s1. The predicted octanol–water partition coefficient (Wildman–Crippen LogP) is 2.72. The molecule has 1 heteroatoms. The van der Waals surface area contributed by atoms with Crippen LogP contribution in [0.5, 0.6) is 5.75 Å². The van der Waals surface area contributed by atoms with Crippen molar-refractivity contribution in [1.82, 2.24) is 0 Å². The maximum Gasteiger partial charge on any atom is 0.123 e. The molecule has 2 atom stereocenters. The summed E-state index contributed by atoms with van der Waals surface area (Å²) in [7, 11) is 0. The van der Waals surface area contributed by atoms with E-state index in [1.165, 1.54) is 24.8 Å². The number of hydrogen-bond donors (Lipinski definition) is 0. The van der Waals surface area contributed by atoms with Crippen LogP contribution in [-0.4, -0.2) is 6.10 Å². The van der Waals surface area contributed by atoms with Crippen LogP contribution in [0.3, 0.4) is 0 Å². The van der Waals surface area contributed by atoms with Gasteiger partial charge in [0.1, 0.15) is 11.9 Å².